The third kappa shape index (κ3) is 3.98. The van der Waals surface area contributed by atoms with Crippen LogP contribution in [-0.2, 0) is 16.1 Å². The minimum Gasteiger partial charge on any atom is -0.368 e. The van der Waals surface area contributed by atoms with E-state index in [1.54, 1.807) is 30.2 Å². The predicted molar refractivity (Wildman–Crippen MR) is 96.1 cm³/mol. The van der Waals surface area contributed by atoms with E-state index in [1.165, 1.54) is 6.07 Å². The van der Waals surface area contributed by atoms with Crippen molar-refractivity contribution in [3.05, 3.63) is 59.3 Å². The minimum atomic E-state index is -1.11. The maximum atomic E-state index is 13.6. The highest BCUT2D eigenvalue weighted by Crippen LogP contribution is 2.23. The minimum absolute atomic E-state index is 0.120. The first-order valence-corrected chi connectivity index (χ1v) is 8.81. The molecule has 1 saturated heterocycles. The van der Waals surface area contributed by atoms with Gasteiger partial charge in [0.2, 0.25) is 6.41 Å². The van der Waals surface area contributed by atoms with E-state index in [0.29, 0.717) is 42.3 Å². The number of H-pyrrole nitrogens is 1. The second-order valence-electron chi connectivity index (χ2n) is 6.57. The second kappa shape index (κ2) is 7.69. The van der Waals surface area contributed by atoms with Crippen LogP contribution in [0.2, 0.25) is 0 Å². The van der Waals surface area contributed by atoms with Crippen LogP contribution in [0.5, 0.6) is 0 Å². The van der Waals surface area contributed by atoms with Crippen molar-refractivity contribution in [1.82, 2.24) is 19.9 Å². The molecule has 1 aromatic carbocycles. The highest BCUT2D eigenvalue weighted by molar-refractivity contribution is 5.69. The molecule has 0 aliphatic carbocycles. The number of aryl methyl sites for hydroxylation is 1. The Morgan fingerprint density at radius 1 is 1.44 bits per heavy atom. The molecule has 1 unspecified atom stereocenters. The molecule has 2 aromatic heterocycles. The number of hydrogen-bond acceptors (Lipinski definition) is 6. The van der Waals surface area contributed by atoms with Crippen LogP contribution in [0.25, 0.3) is 11.2 Å². The van der Waals surface area contributed by atoms with Crippen molar-refractivity contribution in [3.63, 3.8) is 0 Å². The lowest BCUT2D eigenvalue weighted by Gasteiger charge is -2.34. The first-order chi connectivity index (χ1) is 13.1. The maximum Gasteiger partial charge on any atom is 0.216 e. The molecule has 1 aliphatic heterocycles. The molecule has 0 saturated carbocycles. The zero-order valence-corrected chi connectivity index (χ0v) is 14.9. The van der Waals surface area contributed by atoms with Crippen LogP contribution in [0.3, 0.4) is 0 Å². The average Bonchev–Trinajstić information content (AvgIpc) is 3.13. The van der Waals surface area contributed by atoms with E-state index >= 15 is 0 Å². The van der Waals surface area contributed by atoms with Crippen molar-refractivity contribution >= 4 is 11.2 Å². The fraction of sp³-hybridized carbons (Fsp3) is 0.368. The van der Waals surface area contributed by atoms with Crippen LogP contribution in [0.15, 0.2) is 36.5 Å². The van der Waals surface area contributed by atoms with E-state index in [9.17, 15) is 9.50 Å². The van der Waals surface area contributed by atoms with Gasteiger partial charge < -0.3 is 19.6 Å². The van der Waals surface area contributed by atoms with Gasteiger partial charge >= 0.3 is 0 Å². The van der Waals surface area contributed by atoms with Crippen LogP contribution in [0, 0.1) is 12.7 Å². The molecule has 3 heterocycles. The molecule has 0 spiro atoms. The number of halogens is 1. The van der Waals surface area contributed by atoms with Crippen LogP contribution in [0.4, 0.5) is 4.39 Å². The Morgan fingerprint density at radius 3 is 3.15 bits per heavy atom. The van der Waals surface area contributed by atoms with Gasteiger partial charge in [-0.2, -0.15) is 0 Å². The third-order valence-electron chi connectivity index (χ3n) is 4.62. The van der Waals surface area contributed by atoms with E-state index in [-0.39, 0.29) is 18.5 Å². The lowest BCUT2D eigenvalue weighted by Crippen LogP contribution is -2.46. The Morgan fingerprint density at radius 2 is 2.33 bits per heavy atom. The molecule has 1 aliphatic rings. The van der Waals surface area contributed by atoms with Gasteiger partial charge in [-0.1, -0.05) is 12.1 Å². The monoisotopic (exact) mass is 372 g/mol. The van der Waals surface area contributed by atoms with Crippen LogP contribution in [0.1, 0.15) is 23.1 Å². The highest BCUT2D eigenvalue weighted by atomic mass is 19.1. The molecule has 0 bridgehead atoms. The molecule has 8 heteroatoms. The Labute approximate surface area is 155 Å². The highest BCUT2D eigenvalue weighted by Gasteiger charge is 2.28. The quantitative estimate of drug-likeness (QED) is 0.669. The number of rotatable bonds is 5. The lowest BCUT2D eigenvalue weighted by molar-refractivity contribution is -0.224. The summed E-state index contributed by atoms with van der Waals surface area (Å²) in [6, 6.07) is 8.61. The van der Waals surface area contributed by atoms with Crippen molar-refractivity contribution in [1.29, 1.82) is 0 Å². The summed E-state index contributed by atoms with van der Waals surface area (Å²) < 4.78 is 24.9. The summed E-state index contributed by atoms with van der Waals surface area (Å²) in [5.41, 5.74) is 2.72. The molecule has 27 heavy (non-hydrogen) atoms. The molecule has 7 nitrogen and oxygen atoms in total. The summed E-state index contributed by atoms with van der Waals surface area (Å²) in [6.07, 6.45) is 0.274. The van der Waals surface area contributed by atoms with Gasteiger partial charge in [0.25, 0.3) is 0 Å². The Bertz CT molecular complexity index is 899. The first kappa shape index (κ1) is 18.0. The van der Waals surface area contributed by atoms with E-state index in [0.717, 1.165) is 5.52 Å². The number of imidazole rings is 1. The van der Waals surface area contributed by atoms with Crippen molar-refractivity contribution in [3.8, 4) is 0 Å². The number of morpholine rings is 1. The topological polar surface area (TPSA) is 83.5 Å². The Hall–Kier alpha value is -2.39. The average molecular weight is 372 g/mol. The van der Waals surface area contributed by atoms with Gasteiger partial charge in [0.1, 0.15) is 23.3 Å². The van der Waals surface area contributed by atoms with Gasteiger partial charge in [-0.05, 0) is 36.2 Å². The summed E-state index contributed by atoms with van der Waals surface area (Å²) in [5, 5.41) is 10.4. The SMILES string of the molecule is Cc1ccc(COC(O)N2CCO[C@H](c3nc4cccnc4[nH]3)C2)cc1F. The first-order valence-electron chi connectivity index (χ1n) is 8.81. The Balaban J connectivity index is 1.39. The number of pyridine rings is 1. The van der Waals surface area contributed by atoms with Gasteiger partial charge in [-0.15, -0.1) is 0 Å². The number of aromatic amines is 1. The third-order valence-corrected chi connectivity index (χ3v) is 4.62. The van der Waals surface area contributed by atoms with Crippen LogP contribution >= 0.6 is 0 Å². The summed E-state index contributed by atoms with van der Waals surface area (Å²) in [4.78, 5) is 13.7. The van der Waals surface area contributed by atoms with Crippen LogP contribution < -0.4 is 0 Å². The number of fused-ring (bicyclic) bond motifs is 1. The van der Waals surface area contributed by atoms with Crippen molar-refractivity contribution in [2.75, 3.05) is 19.7 Å². The number of hydrogen-bond donors (Lipinski definition) is 2. The van der Waals surface area contributed by atoms with Gasteiger partial charge in [-0.3, -0.25) is 0 Å². The molecular formula is C19H21FN4O3. The maximum absolute atomic E-state index is 13.6. The van der Waals surface area contributed by atoms with Gasteiger partial charge in [0, 0.05) is 19.3 Å². The molecule has 2 N–H and O–H groups in total. The van der Waals surface area contributed by atoms with Crippen molar-refractivity contribution in [2.45, 2.75) is 26.0 Å². The lowest BCUT2D eigenvalue weighted by atomic mass is 10.1. The molecule has 142 valence electrons. The molecule has 0 amide bonds. The van der Waals surface area contributed by atoms with E-state index in [2.05, 4.69) is 15.0 Å². The second-order valence-corrected chi connectivity index (χ2v) is 6.57. The number of aromatic nitrogens is 3. The normalized spacial score (nSPS) is 19.4. The predicted octanol–water partition coefficient (Wildman–Crippen LogP) is 2.27. The number of aliphatic hydroxyl groups is 1. The molecular weight excluding hydrogens is 351 g/mol. The summed E-state index contributed by atoms with van der Waals surface area (Å²) in [7, 11) is 0. The number of benzene rings is 1. The van der Waals surface area contributed by atoms with Gasteiger partial charge in [0.05, 0.1) is 13.2 Å². The standard InChI is InChI=1S/C19H21FN4O3/c1-12-4-5-13(9-14(12)20)11-27-19(25)24-7-8-26-16(10-24)18-22-15-3-2-6-21-17(15)23-18/h2-6,9,16,19,25H,7-8,10-11H2,1H3,(H,21,22,23)/t16-,19?/m0/s1. The molecule has 3 aromatic rings. The van der Waals surface area contributed by atoms with Gasteiger partial charge in [-0.25, -0.2) is 19.3 Å². The van der Waals surface area contributed by atoms with Crippen LogP contribution in [-0.4, -0.2) is 51.1 Å². The Kier molecular flexibility index (Phi) is 5.13. The molecule has 0 radical (unpaired) electrons. The van der Waals surface area contributed by atoms with Crippen molar-refractivity contribution < 1.29 is 19.0 Å². The number of nitrogens with zero attached hydrogens (tertiary/aromatic N) is 3. The molecule has 2 atom stereocenters. The summed E-state index contributed by atoms with van der Waals surface area (Å²) in [5.74, 6) is 0.386. The van der Waals surface area contributed by atoms with E-state index in [1.807, 2.05) is 12.1 Å². The largest absolute Gasteiger partial charge is 0.368 e. The smallest absolute Gasteiger partial charge is 0.216 e. The number of nitrogens with one attached hydrogen (secondary N) is 1. The molecule has 1 fully saturated rings. The fourth-order valence-electron chi connectivity index (χ4n) is 3.05. The summed E-state index contributed by atoms with van der Waals surface area (Å²) >= 11 is 0. The summed E-state index contributed by atoms with van der Waals surface area (Å²) in [6.45, 7) is 3.21. The van der Waals surface area contributed by atoms with Gasteiger partial charge in [0.15, 0.2) is 5.65 Å². The fourth-order valence-corrected chi connectivity index (χ4v) is 3.05. The molecule has 4 rings (SSSR count). The zero-order valence-electron chi connectivity index (χ0n) is 14.9. The zero-order chi connectivity index (χ0) is 18.8. The number of ether oxygens (including phenoxy) is 2. The number of aliphatic hydroxyl groups excluding tert-OH is 1. The van der Waals surface area contributed by atoms with E-state index < -0.39 is 6.41 Å². The van der Waals surface area contributed by atoms with E-state index in [4.69, 9.17) is 9.47 Å². The van der Waals surface area contributed by atoms with Crippen molar-refractivity contribution in [2.24, 2.45) is 0 Å².